The van der Waals surface area contributed by atoms with Gasteiger partial charge in [-0.05, 0) is 13.3 Å². The minimum Gasteiger partial charge on any atom is -0.497 e. The van der Waals surface area contributed by atoms with Gasteiger partial charge in [-0.2, -0.15) is 0 Å². The number of carbonyl (C=O) groups is 2. The number of nitrogens with one attached hydrogen (secondary N) is 2. The minimum absolute atomic E-state index is 0.118. The Morgan fingerprint density at radius 2 is 1.78 bits per heavy atom. The van der Waals surface area contributed by atoms with E-state index in [-0.39, 0.29) is 12.5 Å². The first-order chi connectivity index (χ1) is 12.9. The van der Waals surface area contributed by atoms with E-state index in [2.05, 4.69) is 15.8 Å². The Labute approximate surface area is 157 Å². The van der Waals surface area contributed by atoms with Crippen molar-refractivity contribution in [3.8, 4) is 11.5 Å². The third-order valence-corrected chi connectivity index (χ3v) is 3.61. The quantitative estimate of drug-likeness (QED) is 0.734. The number of rotatable bonds is 8. The Bertz CT molecular complexity index is 768. The van der Waals surface area contributed by atoms with Gasteiger partial charge < -0.3 is 29.5 Å². The van der Waals surface area contributed by atoms with Crippen LogP contribution in [0.3, 0.4) is 0 Å². The average Bonchev–Trinajstić information content (AvgIpc) is 3.05. The van der Waals surface area contributed by atoms with Crippen LogP contribution in [0.15, 0.2) is 28.8 Å². The van der Waals surface area contributed by atoms with Gasteiger partial charge in [0.25, 0.3) is 0 Å². The van der Waals surface area contributed by atoms with E-state index in [1.165, 1.54) is 19.1 Å². The molecule has 2 rings (SSSR count). The molecule has 0 aliphatic heterocycles. The monoisotopic (exact) mass is 376 g/mol. The van der Waals surface area contributed by atoms with Crippen LogP contribution in [0.1, 0.15) is 19.1 Å². The van der Waals surface area contributed by atoms with E-state index in [0.717, 1.165) is 0 Å². The third-order valence-electron chi connectivity index (χ3n) is 3.61. The highest BCUT2D eigenvalue weighted by molar-refractivity contribution is 5.96. The largest absolute Gasteiger partial charge is 0.497 e. The number of amides is 3. The Hall–Kier alpha value is -3.23. The molecule has 0 unspecified atom stereocenters. The standard InChI is InChI=1S/C18H24N4O5/c1-5-6-22(11-17(23)20-16-7-12(2)27-21-16)18(24)19-13-8-14(25-3)10-15(9-13)26-4/h7-10H,5-6,11H2,1-4H3,(H,19,24)(H,20,21,23). The highest BCUT2D eigenvalue weighted by atomic mass is 16.5. The second kappa shape index (κ2) is 9.46. The summed E-state index contributed by atoms with van der Waals surface area (Å²) in [5.74, 6) is 1.62. The molecule has 0 radical (unpaired) electrons. The second-order valence-corrected chi connectivity index (χ2v) is 5.82. The first-order valence-electron chi connectivity index (χ1n) is 8.47. The molecule has 2 aromatic rings. The molecule has 0 bridgehead atoms. The molecule has 2 N–H and O–H groups in total. The molecule has 1 aromatic carbocycles. The van der Waals surface area contributed by atoms with E-state index in [9.17, 15) is 9.59 Å². The lowest BCUT2D eigenvalue weighted by Crippen LogP contribution is -2.41. The predicted octanol–water partition coefficient (Wildman–Crippen LogP) is 2.88. The van der Waals surface area contributed by atoms with Crippen molar-refractivity contribution in [2.45, 2.75) is 20.3 Å². The Kier molecular flexibility index (Phi) is 7.04. The van der Waals surface area contributed by atoms with Crippen LogP contribution in [0.4, 0.5) is 16.3 Å². The number of methoxy groups -OCH3 is 2. The molecule has 0 saturated carbocycles. The molecule has 9 nitrogen and oxygen atoms in total. The Balaban J connectivity index is 2.04. The van der Waals surface area contributed by atoms with Crippen LogP contribution in [0, 0.1) is 6.92 Å². The Morgan fingerprint density at radius 3 is 2.30 bits per heavy atom. The lowest BCUT2D eigenvalue weighted by Gasteiger charge is -2.22. The number of anilines is 2. The molecule has 0 spiro atoms. The summed E-state index contributed by atoms with van der Waals surface area (Å²) in [5.41, 5.74) is 0.504. The van der Waals surface area contributed by atoms with Crippen molar-refractivity contribution in [1.82, 2.24) is 10.1 Å². The van der Waals surface area contributed by atoms with E-state index in [1.807, 2.05) is 6.92 Å². The first-order valence-corrected chi connectivity index (χ1v) is 8.47. The van der Waals surface area contributed by atoms with Crippen molar-refractivity contribution < 1.29 is 23.6 Å². The lowest BCUT2D eigenvalue weighted by molar-refractivity contribution is -0.116. The van der Waals surface area contributed by atoms with Crippen molar-refractivity contribution >= 4 is 23.4 Å². The van der Waals surface area contributed by atoms with Gasteiger partial charge in [0.2, 0.25) is 5.91 Å². The summed E-state index contributed by atoms with van der Waals surface area (Å²) >= 11 is 0. The van der Waals surface area contributed by atoms with Crippen LogP contribution < -0.4 is 20.1 Å². The van der Waals surface area contributed by atoms with Gasteiger partial charge in [-0.3, -0.25) is 4.79 Å². The van der Waals surface area contributed by atoms with E-state index < -0.39 is 6.03 Å². The van der Waals surface area contributed by atoms with E-state index in [1.54, 1.807) is 31.2 Å². The predicted molar refractivity (Wildman–Crippen MR) is 100 cm³/mol. The number of hydrogen-bond acceptors (Lipinski definition) is 6. The van der Waals surface area contributed by atoms with Crippen molar-refractivity contribution in [3.05, 3.63) is 30.0 Å². The number of benzene rings is 1. The van der Waals surface area contributed by atoms with Gasteiger partial charge in [-0.25, -0.2) is 4.79 Å². The summed E-state index contributed by atoms with van der Waals surface area (Å²) in [6.07, 6.45) is 0.700. The van der Waals surface area contributed by atoms with Crippen molar-refractivity contribution in [3.63, 3.8) is 0 Å². The fourth-order valence-electron chi connectivity index (χ4n) is 2.39. The van der Waals surface area contributed by atoms with Gasteiger partial charge in [0.05, 0.1) is 14.2 Å². The van der Waals surface area contributed by atoms with Crippen LogP contribution in [0.2, 0.25) is 0 Å². The summed E-state index contributed by atoms with van der Waals surface area (Å²) in [6.45, 7) is 3.94. The maximum absolute atomic E-state index is 12.6. The van der Waals surface area contributed by atoms with E-state index in [4.69, 9.17) is 14.0 Å². The zero-order valence-corrected chi connectivity index (χ0v) is 15.9. The smallest absolute Gasteiger partial charge is 0.322 e. The topological polar surface area (TPSA) is 106 Å². The highest BCUT2D eigenvalue weighted by Gasteiger charge is 2.18. The fraction of sp³-hybridized carbons (Fsp3) is 0.389. The number of aromatic nitrogens is 1. The molecule has 146 valence electrons. The van der Waals surface area contributed by atoms with Crippen LogP contribution >= 0.6 is 0 Å². The number of urea groups is 1. The lowest BCUT2D eigenvalue weighted by atomic mass is 10.2. The van der Waals surface area contributed by atoms with Crippen LogP contribution in [0.5, 0.6) is 11.5 Å². The molecule has 0 aliphatic carbocycles. The normalized spacial score (nSPS) is 10.2. The summed E-state index contributed by atoms with van der Waals surface area (Å²) in [6, 6.07) is 6.24. The minimum atomic E-state index is -0.404. The molecule has 0 aliphatic rings. The summed E-state index contributed by atoms with van der Waals surface area (Å²) in [5, 5.41) is 9.07. The number of nitrogens with zero attached hydrogens (tertiary/aromatic N) is 2. The van der Waals surface area contributed by atoms with Crippen LogP contribution in [-0.2, 0) is 4.79 Å². The van der Waals surface area contributed by atoms with Gasteiger partial charge in [0.15, 0.2) is 5.82 Å². The first kappa shape index (κ1) is 20.1. The number of hydrogen-bond donors (Lipinski definition) is 2. The SMILES string of the molecule is CCCN(CC(=O)Nc1cc(C)on1)C(=O)Nc1cc(OC)cc(OC)c1. The molecule has 27 heavy (non-hydrogen) atoms. The van der Waals surface area contributed by atoms with Gasteiger partial charge in [0, 0.05) is 36.5 Å². The maximum Gasteiger partial charge on any atom is 0.322 e. The van der Waals surface area contributed by atoms with Crippen molar-refractivity contribution in [1.29, 1.82) is 0 Å². The maximum atomic E-state index is 12.6. The molecule has 0 saturated heterocycles. The van der Waals surface area contributed by atoms with Gasteiger partial charge >= 0.3 is 6.03 Å². The molecular weight excluding hydrogens is 352 g/mol. The molecule has 9 heteroatoms. The molecule has 0 atom stereocenters. The summed E-state index contributed by atoms with van der Waals surface area (Å²) < 4.78 is 15.3. The van der Waals surface area contributed by atoms with Gasteiger partial charge in [0.1, 0.15) is 23.8 Å². The molecular formula is C18H24N4O5. The Morgan fingerprint density at radius 1 is 1.11 bits per heavy atom. The van der Waals surface area contributed by atoms with Gasteiger partial charge in [-0.15, -0.1) is 0 Å². The van der Waals surface area contributed by atoms with E-state index in [0.29, 0.717) is 41.7 Å². The number of aryl methyl sites for hydroxylation is 1. The molecule has 1 heterocycles. The molecule has 3 amide bonds. The summed E-state index contributed by atoms with van der Waals surface area (Å²) in [7, 11) is 3.05. The van der Waals surface area contributed by atoms with Gasteiger partial charge in [-0.1, -0.05) is 12.1 Å². The molecule has 1 aromatic heterocycles. The zero-order valence-electron chi connectivity index (χ0n) is 15.9. The highest BCUT2D eigenvalue weighted by Crippen LogP contribution is 2.26. The third kappa shape index (κ3) is 5.91. The zero-order chi connectivity index (χ0) is 19.8. The number of carbonyl (C=O) groups excluding carboxylic acids is 2. The second-order valence-electron chi connectivity index (χ2n) is 5.82. The van der Waals surface area contributed by atoms with Crippen LogP contribution in [0.25, 0.3) is 0 Å². The van der Waals surface area contributed by atoms with Crippen LogP contribution in [-0.4, -0.2) is 49.3 Å². The molecule has 0 fully saturated rings. The average molecular weight is 376 g/mol. The van der Waals surface area contributed by atoms with Crippen molar-refractivity contribution in [2.24, 2.45) is 0 Å². The summed E-state index contributed by atoms with van der Waals surface area (Å²) in [4.78, 5) is 26.2. The van der Waals surface area contributed by atoms with Crippen molar-refractivity contribution in [2.75, 3.05) is 37.9 Å². The number of ether oxygens (including phenoxy) is 2. The fourth-order valence-corrected chi connectivity index (χ4v) is 2.39. The van der Waals surface area contributed by atoms with E-state index >= 15 is 0 Å².